The molecule has 1 aromatic rings. The van der Waals surface area contributed by atoms with E-state index in [1.807, 2.05) is 0 Å². The fraction of sp³-hybridized carbons (Fsp3) is 0.364. The van der Waals surface area contributed by atoms with Crippen molar-refractivity contribution in [1.29, 1.82) is 0 Å². The monoisotopic (exact) mass is 307 g/mol. The molecule has 19 heavy (non-hydrogen) atoms. The Morgan fingerprint density at radius 3 is 2.58 bits per heavy atom. The van der Waals surface area contributed by atoms with Crippen LogP contribution in [0.2, 0.25) is 5.02 Å². The minimum atomic E-state index is -3.98. The van der Waals surface area contributed by atoms with Crippen molar-refractivity contribution in [2.75, 3.05) is 6.61 Å². The van der Waals surface area contributed by atoms with Gasteiger partial charge in [-0.3, -0.25) is 0 Å². The van der Waals surface area contributed by atoms with Gasteiger partial charge < -0.3 is 10.2 Å². The molecule has 8 heteroatoms. The molecule has 6 nitrogen and oxygen atoms in total. The molecule has 0 aliphatic rings. The van der Waals surface area contributed by atoms with Gasteiger partial charge in [0.15, 0.2) is 0 Å². The third-order valence-corrected chi connectivity index (χ3v) is 4.50. The average molecular weight is 308 g/mol. The lowest BCUT2D eigenvalue weighted by Gasteiger charge is -2.15. The topological polar surface area (TPSA) is 104 Å². The molecule has 1 rings (SSSR count). The summed E-state index contributed by atoms with van der Waals surface area (Å²) in [5, 5.41) is 17.8. The molecule has 0 amide bonds. The van der Waals surface area contributed by atoms with Crippen LogP contribution in [0.1, 0.15) is 23.7 Å². The van der Waals surface area contributed by atoms with E-state index in [9.17, 15) is 13.2 Å². The zero-order chi connectivity index (χ0) is 14.6. The van der Waals surface area contributed by atoms with Gasteiger partial charge in [0.2, 0.25) is 10.0 Å². The maximum absolute atomic E-state index is 12.1. The number of benzene rings is 1. The van der Waals surface area contributed by atoms with Crippen LogP contribution in [0.15, 0.2) is 23.1 Å². The molecule has 0 aromatic heterocycles. The van der Waals surface area contributed by atoms with Crippen molar-refractivity contribution in [3.63, 3.8) is 0 Å². The first kappa shape index (κ1) is 15.9. The summed E-state index contributed by atoms with van der Waals surface area (Å²) in [4.78, 5) is 10.5. The van der Waals surface area contributed by atoms with Crippen molar-refractivity contribution in [2.24, 2.45) is 0 Å². The van der Waals surface area contributed by atoms with E-state index in [1.54, 1.807) is 6.92 Å². The Labute approximate surface area is 116 Å². The van der Waals surface area contributed by atoms with Gasteiger partial charge in [0.25, 0.3) is 0 Å². The van der Waals surface area contributed by atoms with E-state index >= 15 is 0 Å². The molecule has 0 heterocycles. The predicted octanol–water partition coefficient (Wildman–Crippen LogP) is 1.09. The normalized spacial score (nSPS) is 13.2. The van der Waals surface area contributed by atoms with Crippen LogP contribution in [0.3, 0.4) is 0 Å². The third kappa shape index (κ3) is 3.90. The molecular formula is C11H14ClNO5S. The van der Waals surface area contributed by atoms with E-state index < -0.39 is 22.0 Å². The summed E-state index contributed by atoms with van der Waals surface area (Å²) in [6.07, 6.45) is 0.395. The van der Waals surface area contributed by atoms with Crippen molar-refractivity contribution in [3.05, 3.63) is 28.8 Å². The number of aliphatic hydroxyl groups is 1. The lowest BCUT2D eigenvalue weighted by molar-refractivity contribution is 0.0696. The molecule has 0 bridgehead atoms. The van der Waals surface area contributed by atoms with Crippen LogP contribution in [-0.4, -0.2) is 37.2 Å². The van der Waals surface area contributed by atoms with Gasteiger partial charge in [-0.25, -0.2) is 17.9 Å². The Morgan fingerprint density at radius 1 is 1.47 bits per heavy atom. The quantitative estimate of drug-likeness (QED) is 0.730. The minimum absolute atomic E-state index is 0.0784. The van der Waals surface area contributed by atoms with Crippen molar-refractivity contribution >= 4 is 27.6 Å². The Hall–Kier alpha value is -1.15. The number of carbonyl (C=O) groups is 1. The Morgan fingerprint density at radius 2 is 2.11 bits per heavy atom. The van der Waals surface area contributed by atoms with E-state index in [0.717, 1.165) is 6.07 Å². The Balaban J connectivity index is 3.20. The molecular weight excluding hydrogens is 294 g/mol. The number of aromatic carboxylic acids is 1. The van der Waals surface area contributed by atoms with Crippen LogP contribution in [-0.2, 0) is 10.0 Å². The molecule has 0 radical (unpaired) electrons. The fourth-order valence-corrected chi connectivity index (χ4v) is 3.21. The minimum Gasteiger partial charge on any atom is -0.478 e. The summed E-state index contributed by atoms with van der Waals surface area (Å²) >= 11 is 5.78. The number of carboxylic acids is 1. The second-order valence-electron chi connectivity index (χ2n) is 3.86. The van der Waals surface area contributed by atoms with Crippen LogP contribution in [0.4, 0.5) is 0 Å². The van der Waals surface area contributed by atoms with Gasteiger partial charge in [-0.15, -0.1) is 0 Å². The summed E-state index contributed by atoms with van der Waals surface area (Å²) in [7, 11) is -3.98. The van der Waals surface area contributed by atoms with Gasteiger partial charge >= 0.3 is 5.97 Å². The van der Waals surface area contributed by atoms with E-state index in [1.165, 1.54) is 12.1 Å². The lowest BCUT2D eigenvalue weighted by atomic mass is 10.2. The standard InChI is InChI=1S/C11H14ClNO5S/c1-2-8(6-14)13-19(17,18)10-5-7(11(15)16)3-4-9(10)12/h3-5,8,13-14H,2,6H2,1H3,(H,15,16)/t8-/m1/s1. The molecule has 1 aromatic carbocycles. The van der Waals surface area contributed by atoms with Crippen LogP contribution >= 0.6 is 11.6 Å². The first-order valence-electron chi connectivity index (χ1n) is 5.47. The van der Waals surface area contributed by atoms with Crippen molar-refractivity contribution in [1.82, 2.24) is 4.72 Å². The summed E-state index contributed by atoms with van der Waals surface area (Å²) in [5.74, 6) is -1.25. The molecule has 0 unspecified atom stereocenters. The van der Waals surface area contributed by atoms with Gasteiger partial charge in [-0.05, 0) is 24.6 Å². The fourth-order valence-electron chi connectivity index (χ4n) is 1.37. The van der Waals surface area contributed by atoms with Gasteiger partial charge in [0, 0.05) is 6.04 Å². The molecule has 0 aliphatic carbocycles. The van der Waals surface area contributed by atoms with Crippen LogP contribution in [0.25, 0.3) is 0 Å². The highest BCUT2D eigenvalue weighted by molar-refractivity contribution is 7.89. The highest BCUT2D eigenvalue weighted by atomic mass is 35.5. The lowest BCUT2D eigenvalue weighted by Crippen LogP contribution is -2.37. The van der Waals surface area contributed by atoms with E-state index in [-0.39, 0.29) is 22.1 Å². The molecule has 0 aliphatic heterocycles. The summed E-state index contributed by atoms with van der Waals surface area (Å²) < 4.78 is 26.4. The molecule has 0 saturated heterocycles. The molecule has 0 spiro atoms. The third-order valence-electron chi connectivity index (χ3n) is 2.50. The summed E-state index contributed by atoms with van der Waals surface area (Å²) in [6.45, 7) is 1.35. The number of nitrogens with one attached hydrogen (secondary N) is 1. The first-order valence-corrected chi connectivity index (χ1v) is 7.34. The SMILES string of the molecule is CC[C@H](CO)NS(=O)(=O)c1cc(C(=O)O)ccc1Cl. The molecule has 1 atom stereocenters. The van der Waals surface area contributed by atoms with Crippen LogP contribution in [0, 0.1) is 0 Å². The van der Waals surface area contributed by atoms with Crippen molar-refractivity contribution in [3.8, 4) is 0 Å². The van der Waals surface area contributed by atoms with E-state index in [2.05, 4.69) is 4.72 Å². The van der Waals surface area contributed by atoms with Crippen molar-refractivity contribution in [2.45, 2.75) is 24.3 Å². The number of hydrogen-bond donors (Lipinski definition) is 3. The van der Waals surface area contributed by atoms with Gasteiger partial charge in [-0.2, -0.15) is 0 Å². The number of aliphatic hydroxyl groups excluding tert-OH is 1. The van der Waals surface area contributed by atoms with E-state index in [4.69, 9.17) is 21.8 Å². The van der Waals surface area contributed by atoms with E-state index in [0.29, 0.717) is 6.42 Å². The number of halogens is 1. The highest BCUT2D eigenvalue weighted by Crippen LogP contribution is 2.23. The molecule has 0 saturated carbocycles. The first-order chi connectivity index (χ1) is 8.81. The van der Waals surface area contributed by atoms with Gasteiger partial charge in [-0.1, -0.05) is 18.5 Å². The number of sulfonamides is 1. The zero-order valence-corrected chi connectivity index (χ0v) is 11.7. The van der Waals surface area contributed by atoms with Crippen molar-refractivity contribution < 1.29 is 23.4 Å². The van der Waals surface area contributed by atoms with Gasteiger partial charge in [0.05, 0.1) is 17.2 Å². The highest BCUT2D eigenvalue weighted by Gasteiger charge is 2.22. The number of hydrogen-bond acceptors (Lipinski definition) is 4. The number of carboxylic acid groups (broad SMARTS) is 1. The Bertz CT molecular complexity index is 568. The predicted molar refractivity (Wildman–Crippen MR) is 69.9 cm³/mol. The average Bonchev–Trinajstić information content (AvgIpc) is 2.35. The molecule has 3 N–H and O–H groups in total. The summed E-state index contributed by atoms with van der Waals surface area (Å²) in [5.41, 5.74) is -0.179. The largest absolute Gasteiger partial charge is 0.478 e. The smallest absolute Gasteiger partial charge is 0.335 e. The van der Waals surface area contributed by atoms with Crippen LogP contribution < -0.4 is 4.72 Å². The maximum Gasteiger partial charge on any atom is 0.335 e. The second-order valence-corrected chi connectivity index (χ2v) is 5.95. The zero-order valence-electron chi connectivity index (χ0n) is 10.1. The van der Waals surface area contributed by atoms with Crippen LogP contribution in [0.5, 0.6) is 0 Å². The summed E-state index contributed by atoms with van der Waals surface area (Å²) in [6, 6.07) is 2.76. The number of rotatable bonds is 6. The van der Waals surface area contributed by atoms with Gasteiger partial charge in [0.1, 0.15) is 4.90 Å². The molecule has 0 fully saturated rings. The molecule has 106 valence electrons. The maximum atomic E-state index is 12.1. The second kappa shape index (κ2) is 6.33. The Kier molecular flexibility index (Phi) is 5.30.